The van der Waals surface area contributed by atoms with Gasteiger partial charge in [0.1, 0.15) is 24.2 Å². The van der Waals surface area contributed by atoms with Gasteiger partial charge >= 0.3 is 0 Å². The van der Waals surface area contributed by atoms with Crippen molar-refractivity contribution in [1.29, 1.82) is 0 Å². The minimum atomic E-state index is -0.278. The molecular weight excluding hydrogens is 378 g/mol. The predicted molar refractivity (Wildman–Crippen MR) is 117 cm³/mol. The Morgan fingerprint density at radius 3 is 2.90 bits per heavy atom. The zero-order valence-corrected chi connectivity index (χ0v) is 16.4. The summed E-state index contributed by atoms with van der Waals surface area (Å²) in [7, 11) is 1.60. The number of benzene rings is 2. The van der Waals surface area contributed by atoms with Gasteiger partial charge in [-0.05, 0) is 35.4 Å². The predicted octanol–water partition coefficient (Wildman–Crippen LogP) is 2.86. The maximum atomic E-state index is 12.2. The van der Waals surface area contributed by atoms with Crippen LogP contribution in [0.25, 0.3) is 16.5 Å². The highest BCUT2D eigenvalue weighted by Crippen LogP contribution is 2.36. The van der Waals surface area contributed by atoms with Gasteiger partial charge in [-0.3, -0.25) is 15.2 Å². The number of nitrogens with one attached hydrogen (secondary N) is 3. The van der Waals surface area contributed by atoms with E-state index in [2.05, 4.69) is 25.8 Å². The number of amides is 1. The molecule has 2 aliphatic rings. The Hall–Kier alpha value is -3.87. The lowest BCUT2D eigenvalue weighted by Crippen LogP contribution is -2.36. The summed E-state index contributed by atoms with van der Waals surface area (Å²) in [5.41, 5.74) is 7.49. The number of aromatic nitrogens is 1. The van der Waals surface area contributed by atoms with Crippen LogP contribution in [-0.4, -0.2) is 36.0 Å². The quantitative estimate of drug-likeness (QED) is 0.616. The molecule has 2 aliphatic heterocycles. The van der Waals surface area contributed by atoms with E-state index in [1.165, 1.54) is 0 Å². The van der Waals surface area contributed by atoms with Crippen molar-refractivity contribution in [2.75, 3.05) is 7.05 Å². The van der Waals surface area contributed by atoms with Gasteiger partial charge in [0.25, 0.3) is 5.91 Å². The van der Waals surface area contributed by atoms with E-state index in [4.69, 9.17) is 4.74 Å². The smallest absolute Gasteiger partial charge is 0.269 e. The first-order valence-corrected chi connectivity index (χ1v) is 9.81. The number of dihydropyridines is 1. The van der Waals surface area contributed by atoms with Crippen molar-refractivity contribution in [3.63, 3.8) is 0 Å². The number of carbonyl (C=O) groups excluding carboxylic acids is 1. The van der Waals surface area contributed by atoms with E-state index >= 15 is 0 Å². The van der Waals surface area contributed by atoms with Gasteiger partial charge in [-0.1, -0.05) is 30.3 Å². The van der Waals surface area contributed by atoms with Crippen LogP contribution in [-0.2, 0) is 11.4 Å². The normalized spacial score (nSPS) is 19.6. The van der Waals surface area contributed by atoms with Crippen molar-refractivity contribution < 1.29 is 9.53 Å². The molecule has 2 unspecified atom stereocenters. The first-order valence-electron chi connectivity index (χ1n) is 9.81. The molecule has 0 saturated heterocycles. The van der Waals surface area contributed by atoms with Gasteiger partial charge in [0.2, 0.25) is 0 Å². The molecule has 0 radical (unpaired) electrons. The van der Waals surface area contributed by atoms with Crippen LogP contribution in [0.4, 0.5) is 0 Å². The van der Waals surface area contributed by atoms with Gasteiger partial charge in [-0.2, -0.15) is 5.10 Å². The number of hydrazone groups is 1. The van der Waals surface area contributed by atoms with Crippen LogP contribution < -0.4 is 15.5 Å². The molecular formula is C23H21N5O2. The van der Waals surface area contributed by atoms with Crippen LogP contribution in [0.3, 0.4) is 0 Å². The van der Waals surface area contributed by atoms with Crippen LogP contribution in [0.5, 0.6) is 5.75 Å². The molecule has 3 heterocycles. The molecule has 2 aromatic carbocycles. The third-order valence-corrected chi connectivity index (χ3v) is 5.38. The second-order valence-corrected chi connectivity index (χ2v) is 7.26. The molecule has 3 aromatic rings. The van der Waals surface area contributed by atoms with Gasteiger partial charge in [-0.25, -0.2) is 0 Å². The largest absolute Gasteiger partial charge is 0.489 e. The lowest BCUT2D eigenvalue weighted by atomic mass is 9.88. The summed E-state index contributed by atoms with van der Waals surface area (Å²) < 4.78 is 6.02. The van der Waals surface area contributed by atoms with E-state index in [1.807, 2.05) is 67.0 Å². The molecule has 30 heavy (non-hydrogen) atoms. The fourth-order valence-electron chi connectivity index (χ4n) is 3.83. The van der Waals surface area contributed by atoms with Crippen LogP contribution in [0, 0.1) is 5.92 Å². The lowest BCUT2D eigenvalue weighted by molar-refractivity contribution is -0.114. The number of hydrogen-bond donors (Lipinski definition) is 3. The van der Waals surface area contributed by atoms with Crippen molar-refractivity contribution >= 4 is 34.3 Å². The molecule has 0 spiro atoms. The molecule has 3 N–H and O–H groups in total. The topological polar surface area (TPSA) is 90.9 Å². The van der Waals surface area contributed by atoms with Gasteiger partial charge in [-0.15, -0.1) is 0 Å². The van der Waals surface area contributed by atoms with Gasteiger partial charge in [0, 0.05) is 35.9 Å². The molecule has 2 atom stereocenters. The van der Waals surface area contributed by atoms with Gasteiger partial charge < -0.3 is 15.0 Å². The number of aliphatic imine (C=N–C) groups is 1. The highest BCUT2D eigenvalue weighted by molar-refractivity contribution is 6.45. The maximum absolute atomic E-state index is 12.2. The number of fused-ring (bicyclic) bond motifs is 2. The number of ether oxygens (including phenoxy) is 1. The second kappa shape index (κ2) is 7.51. The molecule has 150 valence electrons. The fourth-order valence-corrected chi connectivity index (χ4v) is 3.83. The van der Waals surface area contributed by atoms with E-state index < -0.39 is 0 Å². The van der Waals surface area contributed by atoms with Crippen LogP contribution in [0.2, 0.25) is 0 Å². The van der Waals surface area contributed by atoms with Crippen molar-refractivity contribution in [2.24, 2.45) is 16.0 Å². The van der Waals surface area contributed by atoms with E-state index in [-0.39, 0.29) is 18.0 Å². The lowest BCUT2D eigenvalue weighted by Gasteiger charge is -2.23. The fraction of sp³-hybridized carbons (Fsp3) is 0.174. The molecule has 0 saturated carbocycles. The number of carbonyl (C=O) groups is 1. The number of nitrogens with zero attached hydrogens (tertiary/aromatic N) is 2. The second-order valence-electron chi connectivity index (χ2n) is 7.26. The summed E-state index contributed by atoms with van der Waals surface area (Å²) in [6.45, 7) is 0.504. The monoisotopic (exact) mass is 399 g/mol. The maximum Gasteiger partial charge on any atom is 0.269 e. The van der Waals surface area contributed by atoms with E-state index in [0.29, 0.717) is 12.3 Å². The minimum absolute atomic E-state index is 0.0358. The van der Waals surface area contributed by atoms with Crippen molar-refractivity contribution in [2.45, 2.75) is 12.8 Å². The first-order chi connectivity index (χ1) is 14.7. The molecule has 7 heteroatoms. The van der Waals surface area contributed by atoms with Crippen molar-refractivity contribution in [3.8, 4) is 5.75 Å². The Kier molecular flexibility index (Phi) is 4.55. The summed E-state index contributed by atoms with van der Waals surface area (Å²) in [6.07, 6.45) is 5.38. The standard InChI is InChI=1S/C23H21N5O2/c1-24-23(29)21-10-16(19-12-26-28-22(19)27-21)18-11-25-20-8-7-15(9-17(18)20)30-13-14-5-3-2-4-6-14/h2-12,19,22,25,28H,13H2,1H3,(H,24,29). The summed E-state index contributed by atoms with van der Waals surface area (Å²) in [5.74, 6) is 0.538. The zero-order chi connectivity index (χ0) is 20.5. The molecule has 0 bridgehead atoms. The van der Waals surface area contributed by atoms with Crippen molar-refractivity contribution in [1.82, 2.24) is 15.7 Å². The molecule has 0 aliphatic carbocycles. The summed E-state index contributed by atoms with van der Waals surface area (Å²) in [5, 5.41) is 7.86. The van der Waals surface area contributed by atoms with Crippen LogP contribution in [0.1, 0.15) is 11.1 Å². The van der Waals surface area contributed by atoms with Crippen LogP contribution in [0.15, 0.2) is 70.9 Å². The molecule has 1 aromatic heterocycles. The van der Waals surface area contributed by atoms with E-state index in [9.17, 15) is 4.79 Å². The van der Waals surface area contributed by atoms with Gasteiger partial charge in [0.15, 0.2) is 0 Å². The van der Waals surface area contributed by atoms with Crippen LogP contribution >= 0.6 is 0 Å². The van der Waals surface area contributed by atoms with Crippen molar-refractivity contribution in [3.05, 3.63) is 71.9 Å². The number of hydrogen-bond acceptors (Lipinski definition) is 5. The van der Waals surface area contributed by atoms with E-state index in [1.54, 1.807) is 7.05 Å². The third kappa shape index (κ3) is 3.24. The number of aromatic amines is 1. The average Bonchev–Trinajstić information content (AvgIpc) is 3.44. The SMILES string of the molecule is CNC(=O)C1=NC2NN=CC2C(c2c[nH]c3ccc(OCc4ccccc4)cc23)=C1. The highest BCUT2D eigenvalue weighted by atomic mass is 16.5. The Morgan fingerprint density at radius 1 is 1.20 bits per heavy atom. The summed E-state index contributed by atoms with van der Waals surface area (Å²) in [6, 6.07) is 16.1. The third-order valence-electron chi connectivity index (χ3n) is 5.38. The number of rotatable bonds is 5. The Bertz CT molecular complexity index is 1190. The van der Waals surface area contributed by atoms with E-state index in [0.717, 1.165) is 33.4 Å². The highest BCUT2D eigenvalue weighted by Gasteiger charge is 2.33. The molecule has 7 nitrogen and oxygen atoms in total. The average molecular weight is 399 g/mol. The first kappa shape index (κ1) is 18.2. The zero-order valence-electron chi connectivity index (χ0n) is 16.4. The number of H-pyrrole nitrogens is 1. The Balaban J connectivity index is 1.50. The minimum Gasteiger partial charge on any atom is -0.489 e. The Labute approximate surface area is 173 Å². The molecule has 1 amide bonds. The Morgan fingerprint density at radius 2 is 2.07 bits per heavy atom. The summed E-state index contributed by atoms with van der Waals surface area (Å²) in [4.78, 5) is 20.0. The van der Waals surface area contributed by atoms with Gasteiger partial charge in [0.05, 0.1) is 5.92 Å². The summed E-state index contributed by atoms with van der Waals surface area (Å²) >= 11 is 0. The molecule has 0 fully saturated rings. The molecule has 5 rings (SSSR count).